The van der Waals surface area contributed by atoms with Gasteiger partial charge in [0.25, 0.3) is 0 Å². The summed E-state index contributed by atoms with van der Waals surface area (Å²) < 4.78 is 110. The van der Waals surface area contributed by atoms with Gasteiger partial charge in [-0.05, 0) is 154 Å². The Morgan fingerprint density at radius 1 is 0.500 bits per heavy atom. The predicted molar refractivity (Wildman–Crippen MR) is 264 cm³/mol. The average molecular weight is 975 g/mol. The van der Waals surface area contributed by atoms with Gasteiger partial charge in [-0.25, -0.2) is 30.7 Å². The Hall–Kier alpha value is -4.87. The molecule has 2 fully saturated rings. The standard InChI is InChI=1S/C55H69F7N8/c1-5-68(6-2)54(42-19-16-22-45(58)33-42,64-36-52(67-27-12-13-28-67)40-17-14-20-43(56)31-40)38-66-55(69(7-3)8-4,48-34-46(59)23-25-49(48)61)39-65-53(70-29-10-9-11-30-70,41-18-15-21-44(57)32-41)37-63-51-35-47(60)24-26-50(51)62/h14-26,31-35,52,63-66H,5-13,27-30,36-39H2,1-4H3. The Morgan fingerprint density at radius 3 is 1.66 bits per heavy atom. The number of nitrogens with zero attached hydrogens (tertiary/aromatic N) is 4. The molecule has 2 aliphatic heterocycles. The first-order chi connectivity index (χ1) is 33.8. The lowest BCUT2D eigenvalue weighted by atomic mass is 9.89. The molecule has 0 aliphatic carbocycles. The van der Waals surface area contributed by atoms with E-state index < -0.39 is 51.9 Å². The van der Waals surface area contributed by atoms with E-state index in [1.807, 2.05) is 44.7 Å². The van der Waals surface area contributed by atoms with Gasteiger partial charge in [-0.1, -0.05) is 70.5 Å². The fourth-order valence-corrected chi connectivity index (χ4v) is 11.0. The molecule has 0 radical (unpaired) electrons. The number of benzene rings is 5. The van der Waals surface area contributed by atoms with Crippen LogP contribution in [0.3, 0.4) is 0 Å². The minimum atomic E-state index is -1.61. The van der Waals surface area contributed by atoms with Crippen molar-refractivity contribution in [3.63, 3.8) is 0 Å². The summed E-state index contributed by atoms with van der Waals surface area (Å²) in [5.41, 5.74) is -2.46. The number of anilines is 1. The lowest BCUT2D eigenvalue weighted by Crippen LogP contribution is -2.71. The molecule has 0 saturated carbocycles. The second-order valence-electron chi connectivity index (χ2n) is 18.5. The van der Waals surface area contributed by atoms with Gasteiger partial charge >= 0.3 is 0 Å². The van der Waals surface area contributed by atoms with Gasteiger partial charge in [-0.3, -0.25) is 35.6 Å². The Bertz CT molecular complexity index is 2460. The van der Waals surface area contributed by atoms with E-state index in [1.54, 1.807) is 30.3 Å². The van der Waals surface area contributed by atoms with E-state index >= 15 is 26.3 Å². The second kappa shape index (κ2) is 24.0. The normalized spacial score (nSPS) is 17.9. The number of rotatable bonds is 24. The first-order valence-corrected chi connectivity index (χ1v) is 25.0. The van der Waals surface area contributed by atoms with Gasteiger partial charge in [0.2, 0.25) is 0 Å². The third kappa shape index (κ3) is 11.7. The number of hydrogen-bond donors (Lipinski definition) is 4. The van der Waals surface area contributed by atoms with Crippen LogP contribution in [0.15, 0.2) is 109 Å². The molecule has 5 aromatic carbocycles. The molecule has 0 bridgehead atoms. The van der Waals surface area contributed by atoms with Gasteiger partial charge in [0, 0.05) is 44.3 Å². The van der Waals surface area contributed by atoms with Gasteiger partial charge in [0.1, 0.15) is 57.7 Å². The molecule has 0 aromatic heterocycles. The van der Waals surface area contributed by atoms with Crippen LogP contribution in [0.2, 0.25) is 0 Å². The van der Waals surface area contributed by atoms with E-state index in [1.165, 1.54) is 36.4 Å². The molecule has 8 nitrogen and oxygen atoms in total. The fourth-order valence-electron chi connectivity index (χ4n) is 11.0. The van der Waals surface area contributed by atoms with Crippen molar-refractivity contribution in [3.8, 4) is 0 Å². The molecule has 0 amide bonds. The zero-order valence-corrected chi connectivity index (χ0v) is 40.9. The Morgan fingerprint density at radius 2 is 1.03 bits per heavy atom. The third-order valence-electron chi connectivity index (χ3n) is 14.6. The molecular formula is C55H69F7N8. The molecule has 15 heteroatoms. The van der Waals surface area contributed by atoms with Gasteiger partial charge < -0.3 is 5.32 Å². The minimum absolute atomic E-state index is 0.00836. The largest absolute Gasteiger partial charge is 0.379 e. The Kier molecular flexibility index (Phi) is 18.2. The third-order valence-corrected chi connectivity index (χ3v) is 14.6. The van der Waals surface area contributed by atoms with Gasteiger partial charge in [-0.2, -0.15) is 0 Å². The summed E-state index contributed by atoms with van der Waals surface area (Å²) in [5.74, 6) is -4.03. The van der Waals surface area contributed by atoms with Crippen LogP contribution in [0.5, 0.6) is 0 Å². The maximum absolute atomic E-state index is 17.1. The number of piperidine rings is 1. The van der Waals surface area contributed by atoms with Crippen molar-refractivity contribution in [3.05, 3.63) is 172 Å². The summed E-state index contributed by atoms with van der Waals surface area (Å²) in [6.45, 7) is 12.3. The lowest BCUT2D eigenvalue weighted by molar-refractivity contribution is -0.0174. The zero-order chi connectivity index (χ0) is 49.9. The Labute approximate surface area is 409 Å². The molecule has 2 saturated heterocycles. The number of hydrogen-bond acceptors (Lipinski definition) is 8. The highest BCUT2D eigenvalue weighted by Gasteiger charge is 2.48. The first kappa shape index (κ1) is 52.9. The summed E-state index contributed by atoms with van der Waals surface area (Å²) in [4.78, 5) is 8.66. The SMILES string of the molecule is CCN(CC)C(CNC(CNC(CNc1cc(F)ccc1F)(c1cccc(F)c1)N1CCCCC1)(c1cc(F)ccc1F)N(CC)CC)(NCC(c1cccc(F)c1)N1CCCC1)c1cccc(F)c1. The quantitative estimate of drug-likeness (QED) is 0.0361. The molecule has 4 N–H and O–H groups in total. The summed E-state index contributed by atoms with van der Waals surface area (Å²) in [7, 11) is 0. The van der Waals surface area contributed by atoms with Crippen molar-refractivity contribution < 1.29 is 30.7 Å². The topological polar surface area (TPSA) is 61.1 Å². The van der Waals surface area contributed by atoms with Crippen LogP contribution in [0.4, 0.5) is 36.4 Å². The van der Waals surface area contributed by atoms with Gasteiger partial charge in [0.05, 0.1) is 12.2 Å². The molecule has 2 heterocycles. The number of likely N-dealkylation sites (N-methyl/N-ethyl adjacent to an activating group) is 2. The molecular weight excluding hydrogens is 906 g/mol. The molecule has 4 atom stereocenters. The van der Waals surface area contributed by atoms with Crippen molar-refractivity contribution in [1.82, 2.24) is 35.6 Å². The summed E-state index contributed by atoms with van der Waals surface area (Å²) in [5, 5.41) is 14.7. The molecule has 2 aliphatic rings. The second-order valence-corrected chi connectivity index (χ2v) is 18.5. The van der Waals surface area contributed by atoms with Crippen molar-refractivity contribution >= 4 is 5.69 Å². The zero-order valence-electron chi connectivity index (χ0n) is 40.9. The predicted octanol–water partition coefficient (Wildman–Crippen LogP) is 10.4. The number of halogens is 7. The van der Waals surface area contributed by atoms with Crippen molar-refractivity contribution in [2.75, 3.05) is 83.9 Å². The first-order valence-electron chi connectivity index (χ1n) is 25.0. The van der Waals surface area contributed by atoms with E-state index in [4.69, 9.17) is 0 Å². The molecule has 7 rings (SSSR count). The Balaban J connectivity index is 1.41. The monoisotopic (exact) mass is 975 g/mol. The smallest absolute Gasteiger partial charge is 0.146 e. The minimum Gasteiger partial charge on any atom is -0.379 e. The van der Waals surface area contributed by atoms with E-state index in [-0.39, 0.29) is 42.7 Å². The van der Waals surface area contributed by atoms with Crippen LogP contribution in [0.25, 0.3) is 0 Å². The molecule has 5 aromatic rings. The van der Waals surface area contributed by atoms with E-state index in [2.05, 4.69) is 36.0 Å². The van der Waals surface area contributed by atoms with Crippen molar-refractivity contribution in [1.29, 1.82) is 0 Å². The maximum Gasteiger partial charge on any atom is 0.146 e. The van der Waals surface area contributed by atoms with Gasteiger partial charge in [0.15, 0.2) is 0 Å². The van der Waals surface area contributed by atoms with Crippen molar-refractivity contribution in [2.45, 2.75) is 82.8 Å². The molecule has 0 spiro atoms. The van der Waals surface area contributed by atoms with Crippen LogP contribution >= 0.6 is 0 Å². The van der Waals surface area contributed by atoms with E-state index in [0.717, 1.165) is 81.1 Å². The summed E-state index contributed by atoms with van der Waals surface area (Å²) in [6.07, 6.45) is 4.51. The molecule has 70 heavy (non-hydrogen) atoms. The van der Waals surface area contributed by atoms with E-state index in [9.17, 15) is 4.39 Å². The van der Waals surface area contributed by atoms with Crippen LogP contribution < -0.4 is 21.3 Å². The molecule has 378 valence electrons. The molecule has 4 unspecified atom stereocenters. The highest BCUT2D eigenvalue weighted by molar-refractivity contribution is 5.46. The van der Waals surface area contributed by atoms with Crippen LogP contribution in [-0.2, 0) is 17.0 Å². The fraction of sp³-hybridized carbons (Fsp3) is 0.455. The highest BCUT2D eigenvalue weighted by Crippen LogP contribution is 2.37. The summed E-state index contributed by atoms with van der Waals surface area (Å²) in [6, 6.07) is 25.3. The van der Waals surface area contributed by atoms with Crippen molar-refractivity contribution in [2.24, 2.45) is 0 Å². The van der Waals surface area contributed by atoms with E-state index in [0.29, 0.717) is 56.9 Å². The highest BCUT2D eigenvalue weighted by atomic mass is 19.2. The van der Waals surface area contributed by atoms with Crippen LogP contribution in [-0.4, -0.2) is 98.1 Å². The van der Waals surface area contributed by atoms with Crippen LogP contribution in [0, 0.1) is 40.7 Å². The van der Waals surface area contributed by atoms with Gasteiger partial charge in [-0.15, -0.1) is 0 Å². The summed E-state index contributed by atoms with van der Waals surface area (Å²) >= 11 is 0. The lowest BCUT2D eigenvalue weighted by Gasteiger charge is -2.53. The number of nitrogens with one attached hydrogen (secondary N) is 4. The number of likely N-dealkylation sites (tertiary alicyclic amines) is 2. The maximum atomic E-state index is 17.1. The van der Waals surface area contributed by atoms with Crippen LogP contribution in [0.1, 0.15) is 88.1 Å². The average Bonchev–Trinajstić information content (AvgIpc) is 3.90.